The van der Waals surface area contributed by atoms with Crippen molar-refractivity contribution in [3.8, 4) is 0 Å². The van der Waals surface area contributed by atoms with Gasteiger partial charge in [-0.3, -0.25) is 4.79 Å². The van der Waals surface area contributed by atoms with Crippen LogP contribution in [0.3, 0.4) is 0 Å². The van der Waals surface area contributed by atoms with Crippen LogP contribution in [0.1, 0.15) is 36.5 Å². The monoisotopic (exact) mass is 239 g/mol. The number of aryl methyl sites for hydroxylation is 1. The molecule has 0 saturated carbocycles. The summed E-state index contributed by atoms with van der Waals surface area (Å²) in [6.45, 7) is 4.66. The normalized spacial score (nSPS) is 26.2. The van der Waals surface area contributed by atoms with Gasteiger partial charge in [0, 0.05) is 30.1 Å². The van der Waals surface area contributed by atoms with Gasteiger partial charge in [0.25, 0.3) is 0 Å². The van der Waals surface area contributed by atoms with Crippen LogP contribution in [0.25, 0.3) is 0 Å². The Hall–Kier alpha value is -0.940. The maximum atomic E-state index is 11.8. The number of thiazole rings is 1. The molecule has 0 aliphatic carbocycles. The van der Waals surface area contributed by atoms with E-state index in [2.05, 4.69) is 4.98 Å². The first kappa shape index (κ1) is 11.5. The predicted molar refractivity (Wildman–Crippen MR) is 64.2 cm³/mol. The first-order valence-electron chi connectivity index (χ1n) is 5.60. The van der Waals surface area contributed by atoms with Gasteiger partial charge >= 0.3 is 0 Å². The molecule has 1 aliphatic rings. The Balaban J connectivity index is 2.30. The second-order valence-corrected chi connectivity index (χ2v) is 5.04. The lowest BCUT2D eigenvalue weighted by molar-refractivity contribution is -0.137. The van der Waals surface area contributed by atoms with Crippen molar-refractivity contribution in [3.63, 3.8) is 0 Å². The molecule has 1 aromatic rings. The Morgan fingerprint density at radius 1 is 1.69 bits per heavy atom. The van der Waals surface area contributed by atoms with E-state index in [0.717, 1.165) is 17.1 Å². The zero-order valence-electron chi connectivity index (χ0n) is 9.64. The van der Waals surface area contributed by atoms with Crippen LogP contribution in [0, 0.1) is 6.92 Å². The quantitative estimate of drug-likeness (QED) is 0.850. The topological polar surface area (TPSA) is 59.2 Å². The predicted octanol–water partition coefficient (Wildman–Crippen LogP) is 1.46. The summed E-state index contributed by atoms with van der Waals surface area (Å²) < 4.78 is 0. The number of likely N-dealkylation sites (tertiary alicyclic amines) is 1. The molecule has 2 heterocycles. The highest BCUT2D eigenvalue weighted by atomic mass is 32.1. The molecule has 0 aromatic carbocycles. The summed E-state index contributed by atoms with van der Waals surface area (Å²) in [4.78, 5) is 18.1. The van der Waals surface area contributed by atoms with Crippen LogP contribution in [-0.2, 0) is 4.79 Å². The van der Waals surface area contributed by atoms with Crippen LogP contribution in [0.2, 0.25) is 0 Å². The van der Waals surface area contributed by atoms with E-state index in [1.165, 1.54) is 0 Å². The van der Waals surface area contributed by atoms with Gasteiger partial charge in [-0.2, -0.15) is 0 Å². The molecule has 16 heavy (non-hydrogen) atoms. The number of piperidine rings is 1. The highest BCUT2D eigenvalue weighted by molar-refractivity contribution is 7.09. The average molecular weight is 239 g/mol. The Bertz CT molecular complexity index is 390. The third-order valence-electron chi connectivity index (χ3n) is 2.98. The second-order valence-electron chi connectivity index (χ2n) is 4.15. The van der Waals surface area contributed by atoms with Gasteiger partial charge in [0.05, 0.1) is 6.04 Å². The van der Waals surface area contributed by atoms with E-state index in [0.29, 0.717) is 13.0 Å². The van der Waals surface area contributed by atoms with E-state index in [4.69, 9.17) is 5.73 Å². The van der Waals surface area contributed by atoms with Crippen LogP contribution >= 0.6 is 11.3 Å². The molecule has 1 saturated heterocycles. The van der Waals surface area contributed by atoms with Crippen molar-refractivity contribution in [2.24, 2.45) is 5.73 Å². The molecule has 4 nitrogen and oxygen atoms in total. The number of hydrogen-bond acceptors (Lipinski definition) is 4. The minimum absolute atomic E-state index is 0.0169. The first-order chi connectivity index (χ1) is 7.63. The first-order valence-corrected chi connectivity index (χ1v) is 6.48. The molecule has 1 fully saturated rings. The Morgan fingerprint density at radius 3 is 3.00 bits per heavy atom. The molecule has 88 valence electrons. The van der Waals surface area contributed by atoms with E-state index in [1.807, 2.05) is 24.1 Å². The molecular weight excluding hydrogens is 222 g/mol. The number of rotatable bonds is 2. The molecule has 2 unspecified atom stereocenters. The number of hydrogen-bond donors (Lipinski definition) is 1. The highest BCUT2D eigenvalue weighted by Crippen LogP contribution is 2.32. The number of carbonyl (C=O) groups excluding carboxylic acids is 1. The summed E-state index contributed by atoms with van der Waals surface area (Å²) in [5.41, 5.74) is 7.12. The molecule has 1 amide bonds. The number of carbonyl (C=O) groups is 1. The third-order valence-corrected chi connectivity index (χ3v) is 4.02. The fraction of sp³-hybridized carbons (Fsp3) is 0.636. The van der Waals surface area contributed by atoms with Crippen molar-refractivity contribution in [2.45, 2.75) is 38.8 Å². The minimum atomic E-state index is -0.0232. The summed E-state index contributed by atoms with van der Waals surface area (Å²) in [5, 5.41) is 2.98. The number of amides is 1. The number of aromatic nitrogens is 1. The van der Waals surface area contributed by atoms with Crippen LogP contribution < -0.4 is 5.73 Å². The second kappa shape index (κ2) is 4.51. The maximum absolute atomic E-state index is 11.8. The van der Waals surface area contributed by atoms with E-state index in [1.54, 1.807) is 11.3 Å². The molecule has 5 heteroatoms. The van der Waals surface area contributed by atoms with Crippen LogP contribution in [-0.4, -0.2) is 28.4 Å². The van der Waals surface area contributed by atoms with E-state index < -0.39 is 0 Å². The summed E-state index contributed by atoms with van der Waals surface area (Å²) in [7, 11) is 0. The molecule has 2 atom stereocenters. The zero-order valence-corrected chi connectivity index (χ0v) is 10.5. The summed E-state index contributed by atoms with van der Waals surface area (Å²) in [5.74, 6) is 0.196. The molecule has 2 rings (SSSR count). The van der Waals surface area contributed by atoms with Gasteiger partial charge in [-0.15, -0.1) is 11.3 Å². The fourth-order valence-electron chi connectivity index (χ4n) is 2.18. The van der Waals surface area contributed by atoms with Gasteiger partial charge < -0.3 is 10.6 Å². The van der Waals surface area contributed by atoms with Crippen molar-refractivity contribution < 1.29 is 4.79 Å². The van der Waals surface area contributed by atoms with E-state index in [-0.39, 0.29) is 18.0 Å². The largest absolute Gasteiger partial charge is 0.332 e. The molecule has 0 spiro atoms. The van der Waals surface area contributed by atoms with Crippen molar-refractivity contribution in [1.82, 2.24) is 9.88 Å². The number of nitrogens with two attached hydrogens (primary N) is 1. The molecular formula is C11H17N3OS. The molecule has 0 radical (unpaired) electrons. The van der Waals surface area contributed by atoms with Crippen molar-refractivity contribution in [3.05, 3.63) is 16.1 Å². The number of nitrogens with zero attached hydrogens (tertiary/aromatic N) is 2. The molecule has 2 N–H and O–H groups in total. The zero-order chi connectivity index (χ0) is 11.7. The van der Waals surface area contributed by atoms with Gasteiger partial charge in [0.15, 0.2) is 0 Å². The lowest BCUT2D eigenvalue weighted by Gasteiger charge is -2.37. The van der Waals surface area contributed by atoms with Gasteiger partial charge in [-0.05, 0) is 20.3 Å². The maximum Gasteiger partial charge on any atom is 0.223 e. The van der Waals surface area contributed by atoms with Crippen LogP contribution in [0.15, 0.2) is 5.38 Å². The Morgan fingerprint density at radius 2 is 2.44 bits per heavy atom. The van der Waals surface area contributed by atoms with Crippen molar-refractivity contribution >= 4 is 17.2 Å². The van der Waals surface area contributed by atoms with Crippen molar-refractivity contribution in [2.75, 3.05) is 6.54 Å². The minimum Gasteiger partial charge on any atom is -0.332 e. The van der Waals surface area contributed by atoms with Crippen LogP contribution in [0.4, 0.5) is 0 Å². The molecule has 0 bridgehead atoms. The summed E-state index contributed by atoms with van der Waals surface area (Å²) in [6.07, 6.45) is 1.33. The smallest absolute Gasteiger partial charge is 0.223 e. The Labute approximate surface area is 99.5 Å². The van der Waals surface area contributed by atoms with Gasteiger partial charge in [0.1, 0.15) is 5.01 Å². The van der Waals surface area contributed by atoms with Gasteiger partial charge in [0.2, 0.25) is 5.91 Å². The van der Waals surface area contributed by atoms with Crippen LogP contribution in [0.5, 0.6) is 0 Å². The molecule has 1 aromatic heterocycles. The number of likely N-dealkylation sites (N-methyl/N-ethyl adjacent to an activating group) is 1. The van der Waals surface area contributed by atoms with Gasteiger partial charge in [-0.25, -0.2) is 4.98 Å². The SMILES string of the molecule is CCN1C(=O)CCC(N)C1c1nc(C)cs1. The fourth-order valence-corrected chi connectivity index (χ4v) is 3.16. The van der Waals surface area contributed by atoms with Gasteiger partial charge in [-0.1, -0.05) is 0 Å². The van der Waals surface area contributed by atoms with Crippen molar-refractivity contribution in [1.29, 1.82) is 0 Å². The third kappa shape index (κ3) is 1.97. The molecule has 1 aliphatic heterocycles. The highest BCUT2D eigenvalue weighted by Gasteiger charge is 2.35. The van der Waals surface area contributed by atoms with E-state index >= 15 is 0 Å². The standard InChI is InChI=1S/C11H17N3OS/c1-3-14-9(15)5-4-8(12)10(14)11-13-7(2)6-16-11/h6,8,10H,3-5,12H2,1-2H3. The lowest BCUT2D eigenvalue weighted by atomic mass is 9.97. The van der Waals surface area contributed by atoms with E-state index in [9.17, 15) is 4.79 Å². The lowest BCUT2D eigenvalue weighted by Crippen LogP contribution is -2.48. The summed E-state index contributed by atoms with van der Waals surface area (Å²) >= 11 is 1.60. The average Bonchev–Trinajstić information content (AvgIpc) is 2.67. The summed E-state index contributed by atoms with van der Waals surface area (Å²) in [6, 6.07) is -0.00634. The Kier molecular flexibility index (Phi) is 3.25.